The fraction of sp³-hybridized carbons (Fsp3) is 0.579. The van der Waals surface area contributed by atoms with E-state index in [0.717, 1.165) is 32.1 Å². The maximum Gasteiger partial charge on any atom is 0.306 e. The van der Waals surface area contributed by atoms with Crippen LogP contribution in [0.2, 0.25) is 0 Å². The molecule has 7 nitrogen and oxygen atoms in total. The van der Waals surface area contributed by atoms with Gasteiger partial charge in [0.2, 0.25) is 10.0 Å². The second-order valence-electron chi connectivity index (χ2n) is 7.52. The normalized spacial score (nSPS) is 23.6. The molecule has 2 saturated carbocycles. The van der Waals surface area contributed by atoms with Crippen LogP contribution in [-0.4, -0.2) is 48.8 Å². The van der Waals surface area contributed by atoms with Crippen LogP contribution in [0.4, 0.5) is 0 Å². The summed E-state index contributed by atoms with van der Waals surface area (Å²) in [6.45, 7) is 0. The molecule has 2 aliphatic carbocycles. The predicted molar refractivity (Wildman–Crippen MR) is 99.9 cm³/mol. The monoisotopic (exact) mass is 394 g/mol. The maximum atomic E-state index is 12.9. The Balaban J connectivity index is 1.69. The minimum atomic E-state index is -3.66. The molecule has 0 aliphatic heterocycles. The Morgan fingerprint density at radius 1 is 1.15 bits per heavy atom. The lowest BCUT2D eigenvalue weighted by Crippen LogP contribution is -2.46. The average molecular weight is 394 g/mol. The molecular formula is C19H26N2O5S. The Kier molecular flexibility index (Phi) is 5.86. The van der Waals surface area contributed by atoms with E-state index < -0.39 is 21.9 Å². The summed E-state index contributed by atoms with van der Waals surface area (Å²) in [5, 5.41) is 11.7. The quantitative estimate of drug-likeness (QED) is 0.770. The van der Waals surface area contributed by atoms with Crippen molar-refractivity contribution < 1.29 is 23.1 Å². The fourth-order valence-corrected chi connectivity index (χ4v) is 5.27. The molecular weight excluding hydrogens is 368 g/mol. The van der Waals surface area contributed by atoms with Gasteiger partial charge in [-0.3, -0.25) is 9.59 Å². The van der Waals surface area contributed by atoms with Gasteiger partial charge >= 0.3 is 5.97 Å². The Labute approximate surface area is 159 Å². The van der Waals surface area contributed by atoms with Crippen LogP contribution in [-0.2, 0) is 14.8 Å². The number of hydrogen-bond donors (Lipinski definition) is 2. The Hall–Kier alpha value is -1.93. The van der Waals surface area contributed by atoms with Crippen LogP contribution in [0.25, 0.3) is 0 Å². The van der Waals surface area contributed by atoms with Gasteiger partial charge in [0.25, 0.3) is 5.91 Å². The van der Waals surface area contributed by atoms with Gasteiger partial charge in [-0.15, -0.1) is 0 Å². The largest absolute Gasteiger partial charge is 0.481 e. The molecule has 8 heteroatoms. The SMILES string of the molecule is CN(C1CCCCC1)S(=O)(=O)c1cccc(C(=O)NC2CC(C(=O)O)C2)c1. The standard InChI is InChI=1S/C19H26N2O5S/c1-21(16-7-3-2-4-8-16)27(25,26)17-9-5-6-13(12-17)18(22)20-15-10-14(11-15)19(23)24/h5-6,9,12,14-16H,2-4,7-8,10-11H2,1H3,(H,20,22)(H,23,24). The van der Waals surface area contributed by atoms with Crippen molar-refractivity contribution in [2.45, 2.75) is 61.9 Å². The summed E-state index contributed by atoms with van der Waals surface area (Å²) in [7, 11) is -2.05. The number of amides is 1. The van der Waals surface area contributed by atoms with Crippen LogP contribution in [0.3, 0.4) is 0 Å². The van der Waals surface area contributed by atoms with E-state index in [-0.39, 0.29) is 28.4 Å². The minimum absolute atomic E-state index is 0.00385. The van der Waals surface area contributed by atoms with Gasteiger partial charge in [-0.25, -0.2) is 8.42 Å². The number of aliphatic carboxylic acids is 1. The number of nitrogens with one attached hydrogen (secondary N) is 1. The van der Waals surface area contributed by atoms with Gasteiger partial charge in [0.05, 0.1) is 10.8 Å². The average Bonchev–Trinajstić information content (AvgIpc) is 2.64. The second-order valence-corrected chi connectivity index (χ2v) is 9.52. The topological polar surface area (TPSA) is 104 Å². The number of nitrogens with zero attached hydrogens (tertiary/aromatic N) is 1. The lowest BCUT2D eigenvalue weighted by atomic mass is 9.80. The van der Waals surface area contributed by atoms with E-state index in [9.17, 15) is 18.0 Å². The van der Waals surface area contributed by atoms with Crippen molar-refractivity contribution in [1.82, 2.24) is 9.62 Å². The second kappa shape index (κ2) is 7.98. The van der Waals surface area contributed by atoms with Gasteiger partial charge < -0.3 is 10.4 Å². The van der Waals surface area contributed by atoms with Gasteiger partial charge in [-0.05, 0) is 43.9 Å². The molecule has 0 spiro atoms. The van der Waals surface area contributed by atoms with Gasteiger partial charge in [-0.2, -0.15) is 4.31 Å². The van der Waals surface area contributed by atoms with Crippen LogP contribution in [0.5, 0.6) is 0 Å². The number of rotatable bonds is 6. The third-order valence-corrected chi connectivity index (χ3v) is 7.59. The highest BCUT2D eigenvalue weighted by Crippen LogP contribution is 2.29. The lowest BCUT2D eigenvalue weighted by molar-refractivity contribution is -0.145. The number of benzene rings is 1. The number of hydrogen-bond acceptors (Lipinski definition) is 4. The fourth-order valence-electron chi connectivity index (χ4n) is 3.81. The smallest absolute Gasteiger partial charge is 0.306 e. The van der Waals surface area contributed by atoms with E-state index >= 15 is 0 Å². The molecule has 0 unspecified atom stereocenters. The molecule has 0 atom stereocenters. The number of carbonyl (C=O) groups excluding carboxylic acids is 1. The van der Waals surface area contributed by atoms with Gasteiger partial charge in [-0.1, -0.05) is 25.3 Å². The molecule has 1 aromatic carbocycles. The van der Waals surface area contributed by atoms with E-state index in [2.05, 4.69) is 5.32 Å². The zero-order valence-corrected chi connectivity index (χ0v) is 16.2. The first kappa shape index (κ1) is 19.8. The molecule has 3 rings (SSSR count). The molecule has 2 fully saturated rings. The van der Waals surface area contributed by atoms with Crippen molar-refractivity contribution in [2.24, 2.45) is 5.92 Å². The Bertz CT molecular complexity index is 811. The first-order valence-corrected chi connectivity index (χ1v) is 10.8. The molecule has 1 amide bonds. The number of carbonyl (C=O) groups is 2. The Morgan fingerprint density at radius 3 is 2.44 bits per heavy atom. The van der Waals surface area contributed by atoms with E-state index in [1.807, 2.05) is 0 Å². The molecule has 1 aromatic rings. The van der Waals surface area contributed by atoms with Crippen molar-refractivity contribution in [3.63, 3.8) is 0 Å². The van der Waals surface area contributed by atoms with Gasteiger partial charge in [0.1, 0.15) is 0 Å². The van der Waals surface area contributed by atoms with Crippen LogP contribution in [0.15, 0.2) is 29.2 Å². The summed E-state index contributed by atoms with van der Waals surface area (Å²) < 4.78 is 27.3. The third kappa shape index (κ3) is 4.32. The molecule has 0 saturated heterocycles. The Morgan fingerprint density at radius 2 is 1.81 bits per heavy atom. The number of carboxylic acid groups (broad SMARTS) is 1. The molecule has 0 bridgehead atoms. The van der Waals surface area contributed by atoms with Crippen molar-refractivity contribution in [3.8, 4) is 0 Å². The van der Waals surface area contributed by atoms with E-state index in [0.29, 0.717) is 12.8 Å². The van der Waals surface area contributed by atoms with Crippen molar-refractivity contribution in [2.75, 3.05) is 7.05 Å². The highest BCUT2D eigenvalue weighted by atomic mass is 32.2. The molecule has 148 valence electrons. The molecule has 0 radical (unpaired) electrons. The summed E-state index contributed by atoms with van der Waals surface area (Å²) in [5.74, 6) is -1.63. The summed E-state index contributed by atoms with van der Waals surface area (Å²) >= 11 is 0. The van der Waals surface area contributed by atoms with Crippen LogP contribution in [0, 0.1) is 5.92 Å². The van der Waals surface area contributed by atoms with E-state index in [1.54, 1.807) is 19.2 Å². The maximum absolute atomic E-state index is 12.9. The zero-order valence-electron chi connectivity index (χ0n) is 15.4. The molecule has 27 heavy (non-hydrogen) atoms. The lowest BCUT2D eigenvalue weighted by Gasteiger charge is -2.33. The van der Waals surface area contributed by atoms with E-state index in [1.165, 1.54) is 16.4 Å². The minimum Gasteiger partial charge on any atom is -0.481 e. The van der Waals surface area contributed by atoms with Crippen molar-refractivity contribution in [3.05, 3.63) is 29.8 Å². The first-order chi connectivity index (χ1) is 12.8. The van der Waals surface area contributed by atoms with Crippen LogP contribution >= 0.6 is 0 Å². The molecule has 0 heterocycles. The highest BCUT2D eigenvalue weighted by molar-refractivity contribution is 7.89. The van der Waals surface area contributed by atoms with Crippen LogP contribution < -0.4 is 5.32 Å². The molecule has 2 N–H and O–H groups in total. The van der Waals surface area contributed by atoms with E-state index in [4.69, 9.17) is 5.11 Å². The van der Waals surface area contributed by atoms with Crippen LogP contribution in [0.1, 0.15) is 55.3 Å². The van der Waals surface area contributed by atoms with Gasteiger partial charge in [0, 0.05) is 24.7 Å². The van der Waals surface area contributed by atoms with Gasteiger partial charge in [0.15, 0.2) is 0 Å². The summed E-state index contributed by atoms with van der Waals surface area (Å²) in [5.41, 5.74) is 0.270. The summed E-state index contributed by atoms with van der Waals surface area (Å²) in [6, 6.07) is 5.87. The van der Waals surface area contributed by atoms with Crippen molar-refractivity contribution in [1.29, 1.82) is 0 Å². The summed E-state index contributed by atoms with van der Waals surface area (Å²) in [6.07, 6.45) is 5.75. The zero-order chi connectivity index (χ0) is 19.6. The molecule has 2 aliphatic rings. The predicted octanol–water partition coefficient (Wildman–Crippen LogP) is 2.23. The third-order valence-electron chi connectivity index (χ3n) is 5.68. The number of carboxylic acids is 1. The highest BCUT2D eigenvalue weighted by Gasteiger charge is 2.35. The first-order valence-electron chi connectivity index (χ1n) is 9.41. The van der Waals surface area contributed by atoms with Crippen molar-refractivity contribution >= 4 is 21.9 Å². The molecule has 0 aromatic heterocycles. The summed E-state index contributed by atoms with van der Waals surface area (Å²) in [4.78, 5) is 23.4. The number of sulfonamides is 1.